The molecule has 0 amide bonds. The Morgan fingerprint density at radius 2 is 2.24 bits per heavy atom. The standard InChI is InChI=1S/C13H19BrClNO/c1-3-4-10(2)16-7-8-17-13-6-5-11(15)9-12(13)14/h5-6,9-10,16H,3-4,7-8H2,1-2H3. The summed E-state index contributed by atoms with van der Waals surface area (Å²) in [6, 6.07) is 6.10. The number of benzene rings is 1. The van der Waals surface area contributed by atoms with Gasteiger partial charge >= 0.3 is 0 Å². The van der Waals surface area contributed by atoms with Crippen molar-refractivity contribution in [3.8, 4) is 5.75 Å². The second-order valence-corrected chi connectivity index (χ2v) is 5.36. The second-order valence-electron chi connectivity index (χ2n) is 4.07. The van der Waals surface area contributed by atoms with Gasteiger partial charge < -0.3 is 10.1 Å². The Bertz CT molecular complexity index is 346. The number of halogens is 2. The first-order valence-electron chi connectivity index (χ1n) is 5.94. The van der Waals surface area contributed by atoms with Gasteiger partial charge in [-0.1, -0.05) is 24.9 Å². The Morgan fingerprint density at radius 3 is 2.88 bits per heavy atom. The molecule has 1 atom stereocenters. The van der Waals surface area contributed by atoms with Crippen LogP contribution in [0.15, 0.2) is 22.7 Å². The molecular formula is C13H19BrClNO. The van der Waals surface area contributed by atoms with Crippen LogP contribution in [0, 0.1) is 0 Å². The van der Waals surface area contributed by atoms with Gasteiger partial charge in [0.25, 0.3) is 0 Å². The third-order valence-electron chi connectivity index (χ3n) is 2.47. The predicted octanol–water partition coefficient (Wildman–Crippen LogP) is 4.26. The number of ether oxygens (including phenoxy) is 1. The van der Waals surface area contributed by atoms with Gasteiger partial charge in [0, 0.05) is 17.6 Å². The molecular weight excluding hydrogens is 302 g/mol. The molecule has 1 N–H and O–H groups in total. The highest BCUT2D eigenvalue weighted by molar-refractivity contribution is 9.10. The number of hydrogen-bond donors (Lipinski definition) is 1. The Hall–Kier alpha value is -0.250. The van der Waals surface area contributed by atoms with Crippen LogP contribution in [0.3, 0.4) is 0 Å². The molecule has 17 heavy (non-hydrogen) atoms. The predicted molar refractivity (Wildman–Crippen MR) is 77.0 cm³/mol. The van der Waals surface area contributed by atoms with E-state index in [1.165, 1.54) is 12.8 Å². The van der Waals surface area contributed by atoms with Gasteiger partial charge in [0.05, 0.1) is 4.47 Å². The van der Waals surface area contributed by atoms with Crippen LogP contribution < -0.4 is 10.1 Å². The number of rotatable bonds is 7. The number of nitrogens with one attached hydrogen (secondary N) is 1. The third kappa shape index (κ3) is 5.75. The summed E-state index contributed by atoms with van der Waals surface area (Å²) in [6.45, 7) is 5.91. The second kappa shape index (κ2) is 7.96. The lowest BCUT2D eigenvalue weighted by Gasteiger charge is -2.13. The zero-order valence-electron chi connectivity index (χ0n) is 10.3. The summed E-state index contributed by atoms with van der Waals surface area (Å²) in [5, 5.41) is 4.13. The average molecular weight is 321 g/mol. The van der Waals surface area contributed by atoms with Gasteiger partial charge in [0.1, 0.15) is 12.4 Å². The molecule has 0 bridgehead atoms. The first kappa shape index (κ1) is 14.8. The molecule has 0 heterocycles. The Balaban J connectivity index is 2.26. The van der Waals surface area contributed by atoms with Crippen molar-refractivity contribution in [3.05, 3.63) is 27.7 Å². The van der Waals surface area contributed by atoms with Gasteiger partial charge in [-0.2, -0.15) is 0 Å². The number of hydrogen-bond acceptors (Lipinski definition) is 2. The molecule has 1 aromatic carbocycles. The van der Waals surface area contributed by atoms with Gasteiger partial charge in [-0.15, -0.1) is 0 Å². The van der Waals surface area contributed by atoms with E-state index in [0.29, 0.717) is 17.7 Å². The lowest BCUT2D eigenvalue weighted by atomic mass is 10.2. The molecule has 0 aliphatic heterocycles. The first-order chi connectivity index (χ1) is 8.13. The zero-order valence-corrected chi connectivity index (χ0v) is 12.6. The molecule has 1 aromatic rings. The lowest BCUT2D eigenvalue weighted by molar-refractivity contribution is 0.303. The zero-order chi connectivity index (χ0) is 12.7. The largest absolute Gasteiger partial charge is 0.491 e. The van der Waals surface area contributed by atoms with E-state index in [0.717, 1.165) is 16.8 Å². The van der Waals surface area contributed by atoms with Crippen LogP contribution in [0.1, 0.15) is 26.7 Å². The molecule has 0 aliphatic rings. The van der Waals surface area contributed by atoms with Crippen LogP contribution in [-0.2, 0) is 0 Å². The summed E-state index contributed by atoms with van der Waals surface area (Å²) in [5.74, 6) is 0.833. The average Bonchev–Trinajstić information content (AvgIpc) is 2.27. The minimum atomic E-state index is 0.553. The van der Waals surface area contributed by atoms with Crippen LogP contribution in [0.2, 0.25) is 5.02 Å². The summed E-state index contributed by atoms with van der Waals surface area (Å²) < 4.78 is 6.55. The van der Waals surface area contributed by atoms with Crippen LogP contribution in [0.5, 0.6) is 5.75 Å². The van der Waals surface area contributed by atoms with Gasteiger partial charge in [0.2, 0.25) is 0 Å². The van der Waals surface area contributed by atoms with Crippen molar-refractivity contribution in [1.82, 2.24) is 5.32 Å². The summed E-state index contributed by atoms with van der Waals surface area (Å²) in [4.78, 5) is 0. The van der Waals surface area contributed by atoms with Gasteiger partial charge in [-0.3, -0.25) is 0 Å². The van der Waals surface area contributed by atoms with E-state index < -0.39 is 0 Å². The van der Waals surface area contributed by atoms with Crippen molar-refractivity contribution in [2.75, 3.05) is 13.2 Å². The maximum absolute atomic E-state index is 5.86. The Labute approximate surface area is 117 Å². The molecule has 0 radical (unpaired) electrons. The maximum atomic E-state index is 5.86. The van der Waals surface area contributed by atoms with E-state index in [2.05, 4.69) is 35.1 Å². The first-order valence-corrected chi connectivity index (χ1v) is 7.11. The van der Waals surface area contributed by atoms with Crippen LogP contribution in [0.25, 0.3) is 0 Å². The molecule has 1 rings (SSSR count). The smallest absolute Gasteiger partial charge is 0.133 e. The monoisotopic (exact) mass is 319 g/mol. The van der Waals surface area contributed by atoms with Crippen molar-refractivity contribution in [2.24, 2.45) is 0 Å². The lowest BCUT2D eigenvalue weighted by Crippen LogP contribution is -2.29. The SMILES string of the molecule is CCCC(C)NCCOc1ccc(Cl)cc1Br. The highest BCUT2D eigenvalue weighted by Gasteiger charge is 2.02. The van der Waals surface area contributed by atoms with Crippen LogP contribution in [0.4, 0.5) is 0 Å². The molecule has 0 spiro atoms. The molecule has 1 unspecified atom stereocenters. The minimum Gasteiger partial charge on any atom is -0.491 e. The normalized spacial score (nSPS) is 12.5. The fraction of sp³-hybridized carbons (Fsp3) is 0.538. The van der Waals surface area contributed by atoms with Gasteiger partial charge in [0.15, 0.2) is 0 Å². The summed E-state index contributed by atoms with van der Waals surface area (Å²) in [5.41, 5.74) is 0. The molecule has 0 saturated heterocycles. The van der Waals surface area contributed by atoms with E-state index >= 15 is 0 Å². The highest BCUT2D eigenvalue weighted by Crippen LogP contribution is 2.27. The van der Waals surface area contributed by atoms with Crippen molar-refractivity contribution < 1.29 is 4.74 Å². The molecule has 0 fully saturated rings. The quantitative estimate of drug-likeness (QED) is 0.758. The Kier molecular flexibility index (Phi) is 6.93. The van der Waals surface area contributed by atoms with Crippen molar-refractivity contribution in [3.63, 3.8) is 0 Å². The van der Waals surface area contributed by atoms with E-state index in [1.807, 2.05) is 18.2 Å². The van der Waals surface area contributed by atoms with E-state index in [9.17, 15) is 0 Å². The van der Waals surface area contributed by atoms with Crippen molar-refractivity contribution >= 4 is 27.5 Å². The van der Waals surface area contributed by atoms with E-state index in [-0.39, 0.29) is 0 Å². The summed E-state index contributed by atoms with van der Waals surface area (Å²) in [7, 11) is 0. The minimum absolute atomic E-state index is 0.553. The van der Waals surface area contributed by atoms with Crippen molar-refractivity contribution in [1.29, 1.82) is 0 Å². The van der Waals surface area contributed by atoms with E-state index in [4.69, 9.17) is 16.3 Å². The molecule has 0 saturated carbocycles. The maximum Gasteiger partial charge on any atom is 0.133 e. The van der Waals surface area contributed by atoms with Crippen LogP contribution in [-0.4, -0.2) is 19.2 Å². The summed E-state index contributed by atoms with van der Waals surface area (Å²) in [6.07, 6.45) is 2.41. The molecule has 4 heteroatoms. The third-order valence-corrected chi connectivity index (χ3v) is 3.32. The van der Waals surface area contributed by atoms with E-state index in [1.54, 1.807) is 0 Å². The fourth-order valence-corrected chi connectivity index (χ4v) is 2.39. The van der Waals surface area contributed by atoms with Gasteiger partial charge in [-0.05, 0) is 47.5 Å². The molecule has 96 valence electrons. The summed E-state index contributed by atoms with van der Waals surface area (Å²) >= 11 is 9.28. The fourth-order valence-electron chi connectivity index (χ4n) is 1.59. The molecule has 2 nitrogen and oxygen atoms in total. The van der Waals surface area contributed by atoms with Crippen molar-refractivity contribution in [2.45, 2.75) is 32.7 Å². The Morgan fingerprint density at radius 1 is 1.47 bits per heavy atom. The molecule has 0 aromatic heterocycles. The van der Waals surface area contributed by atoms with Gasteiger partial charge in [-0.25, -0.2) is 0 Å². The molecule has 0 aliphatic carbocycles. The van der Waals surface area contributed by atoms with Crippen LogP contribution >= 0.6 is 27.5 Å². The highest BCUT2D eigenvalue weighted by atomic mass is 79.9. The topological polar surface area (TPSA) is 21.3 Å².